The molecule has 0 bridgehead atoms. The molecule has 2 amide bonds. The van der Waals surface area contributed by atoms with Gasteiger partial charge in [-0.15, -0.1) is 0 Å². The summed E-state index contributed by atoms with van der Waals surface area (Å²) < 4.78 is 36.2. The molecule has 10 nitrogen and oxygen atoms in total. The van der Waals surface area contributed by atoms with Crippen molar-refractivity contribution in [2.24, 2.45) is 5.10 Å². The average Bonchev–Trinajstić information content (AvgIpc) is 2.86. The minimum atomic E-state index is -3.84. The molecule has 0 atom stereocenters. The third-order valence-electron chi connectivity index (χ3n) is 4.86. The van der Waals surface area contributed by atoms with Crippen LogP contribution in [0.25, 0.3) is 0 Å². The molecular formula is C25H24Cl2N4O6S. The molecule has 3 rings (SSSR count). The van der Waals surface area contributed by atoms with Crippen LogP contribution in [0.15, 0.2) is 71.8 Å². The summed E-state index contributed by atoms with van der Waals surface area (Å²) in [7, 11) is -2.46. The van der Waals surface area contributed by atoms with Crippen molar-refractivity contribution in [3.8, 4) is 11.5 Å². The van der Waals surface area contributed by atoms with Gasteiger partial charge in [0, 0.05) is 15.7 Å². The third kappa shape index (κ3) is 8.65. The van der Waals surface area contributed by atoms with Gasteiger partial charge >= 0.3 is 0 Å². The summed E-state index contributed by atoms with van der Waals surface area (Å²) in [5.41, 5.74) is 3.60. The van der Waals surface area contributed by atoms with E-state index in [1.807, 2.05) is 0 Å². The molecule has 0 saturated heterocycles. The van der Waals surface area contributed by atoms with Crippen molar-refractivity contribution in [2.45, 2.75) is 0 Å². The van der Waals surface area contributed by atoms with E-state index in [1.54, 1.807) is 54.6 Å². The molecule has 3 aromatic rings. The van der Waals surface area contributed by atoms with Crippen LogP contribution in [0, 0.1) is 0 Å². The number of hydrogen-bond acceptors (Lipinski definition) is 7. The predicted molar refractivity (Wildman–Crippen MR) is 148 cm³/mol. The number of amides is 2. The van der Waals surface area contributed by atoms with E-state index in [4.69, 9.17) is 32.7 Å². The first-order valence-electron chi connectivity index (χ1n) is 11.0. The van der Waals surface area contributed by atoms with Crippen LogP contribution in [0.1, 0.15) is 5.56 Å². The molecule has 0 unspecified atom stereocenters. The number of ether oxygens (including phenoxy) is 2. The van der Waals surface area contributed by atoms with Crippen molar-refractivity contribution in [1.29, 1.82) is 0 Å². The van der Waals surface area contributed by atoms with E-state index in [-0.39, 0.29) is 29.0 Å². The topological polar surface area (TPSA) is 126 Å². The zero-order valence-electron chi connectivity index (χ0n) is 20.4. The normalized spacial score (nSPS) is 11.2. The summed E-state index contributed by atoms with van der Waals surface area (Å²) in [4.78, 5) is 24.5. The maximum absolute atomic E-state index is 12.4. The van der Waals surface area contributed by atoms with Crippen LogP contribution >= 0.6 is 23.2 Å². The summed E-state index contributed by atoms with van der Waals surface area (Å²) in [6, 6.07) is 17.8. The van der Waals surface area contributed by atoms with Crippen LogP contribution in [0.5, 0.6) is 11.5 Å². The molecule has 0 saturated carbocycles. The Hall–Kier alpha value is -3.80. The third-order valence-corrected chi connectivity index (χ3v) is 6.46. The van der Waals surface area contributed by atoms with Crippen molar-refractivity contribution >= 4 is 62.6 Å². The Morgan fingerprint density at radius 3 is 2.37 bits per heavy atom. The fourth-order valence-corrected chi connectivity index (χ4v) is 4.35. The second-order valence-corrected chi connectivity index (χ2v) is 10.6. The number of methoxy groups -OCH3 is 1. The number of halogens is 2. The van der Waals surface area contributed by atoms with Crippen molar-refractivity contribution < 1.29 is 27.5 Å². The molecule has 0 radical (unpaired) electrons. The van der Waals surface area contributed by atoms with Crippen LogP contribution in [0.2, 0.25) is 10.0 Å². The van der Waals surface area contributed by atoms with Gasteiger partial charge in [-0.3, -0.25) is 13.9 Å². The van der Waals surface area contributed by atoms with E-state index < -0.39 is 22.5 Å². The van der Waals surface area contributed by atoms with Crippen molar-refractivity contribution in [1.82, 2.24) is 5.43 Å². The number of nitrogens with one attached hydrogen (secondary N) is 2. The summed E-state index contributed by atoms with van der Waals surface area (Å²) in [5.74, 6) is -0.342. The van der Waals surface area contributed by atoms with Gasteiger partial charge in [-0.05, 0) is 66.2 Å². The van der Waals surface area contributed by atoms with Crippen molar-refractivity contribution in [3.05, 3.63) is 82.3 Å². The number of hydrogen-bond donors (Lipinski definition) is 2. The van der Waals surface area contributed by atoms with Gasteiger partial charge in [-0.2, -0.15) is 5.10 Å². The first kappa shape index (κ1) is 28.8. The van der Waals surface area contributed by atoms with Gasteiger partial charge in [0.05, 0.1) is 25.3 Å². The van der Waals surface area contributed by atoms with E-state index in [2.05, 4.69) is 15.8 Å². The summed E-state index contributed by atoms with van der Waals surface area (Å²) in [6.45, 7) is -0.749. The summed E-state index contributed by atoms with van der Waals surface area (Å²) in [6.07, 6.45) is 2.34. The van der Waals surface area contributed by atoms with Crippen molar-refractivity contribution in [2.75, 3.05) is 36.1 Å². The molecule has 0 aliphatic heterocycles. The number of anilines is 2. The lowest BCUT2D eigenvalue weighted by Crippen LogP contribution is -2.39. The Bertz CT molecular complexity index is 1430. The van der Waals surface area contributed by atoms with Gasteiger partial charge in [0.1, 0.15) is 18.0 Å². The highest BCUT2D eigenvalue weighted by Crippen LogP contribution is 2.32. The van der Waals surface area contributed by atoms with Crippen LogP contribution in [-0.2, 0) is 19.6 Å². The Balaban J connectivity index is 1.54. The fraction of sp³-hybridized carbons (Fsp3) is 0.160. The SMILES string of the molecule is COc1ccc(Cl)cc1N(CC(=O)N/N=C\c1ccc(OCC(=O)Nc2cccc(Cl)c2)cc1)S(C)(=O)=O. The molecule has 0 spiro atoms. The minimum absolute atomic E-state index is 0.124. The van der Waals surface area contributed by atoms with Crippen LogP contribution < -0.4 is 24.5 Å². The average molecular weight is 579 g/mol. The number of hydrazone groups is 1. The Morgan fingerprint density at radius 2 is 1.71 bits per heavy atom. The molecule has 0 heterocycles. The predicted octanol–water partition coefficient (Wildman–Crippen LogP) is 3.94. The second-order valence-electron chi connectivity index (χ2n) is 7.80. The molecule has 0 aromatic heterocycles. The number of rotatable bonds is 11. The molecule has 13 heteroatoms. The van der Waals surface area contributed by atoms with Crippen LogP contribution in [0.4, 0.5) is 11.4 Å². The maximum atomic E-state index is 12.4. The van der Waals surface area contributed by atoms with E-state index in [1.165, 1.54) is 25.5 Å². The number of nitrogens with zero attached hydrogens (tertiary/aromatic N) is 2. The molecule has 0 fully saturated rings. The molecule has 0 aliphatic carbocycles. The summed E-state index contributed by atoms with van der Waals surface area (Å²) >= 11 is 11.9. The number of carbonyl (C=O) groups excluding carboxylic acids is 2. The van der Waals surface area contributed by atoms with Gasteiger partial charge < -0.3 is 14.8 Å². The van der Waals surface area contributed by atoms with Gasteiger partial charge in [0.2, 0.25) is 10.0 Å². The van der Waals surface area contributed by atoms with E-state index in [0.29, 0.717) is 22.0 Å². The lowest BCUT2D eigenvalue weighted by molar-refractivity contribution is -0.119. The standard InChI is InChI=1S/C25H24Cl2N4O6S/c1-36-23-11-8-19(27)13-22(23)31(38(2,34)35)15-24(32)30-28-14-17-6-9-21(10-7-17)37-16-25(33)29-20-5-3-4-18(26)12-20/h3-14H,15-16H2,1-2H3,(H,29,33)(H,30,32)/b28-14-. The molecule has 200 valence electrons. The Morgan fingerprint density at radius 1 is 1.00 bits per heavy atom. The second kappa shape index (κ2) is 13.1. The molecule has 38 heavy (non-hydrogen) atoms. The van der Waals surface area contributed by atoms with Crippen molar-refractivity contribution in [3.63, 3.8) is 0 Å². The lowest BCUT2D eigenvalue weighted by Gasteiger charge is -2.23. The zero-order valence-corrected chi connectivity index (χ0v) is 22.7. The van der Waals surface area contributed by atoms with E-state index in [9.17, 15) is 18.0 Å². The van der Waals surface area contributed by atoms with Gasteiger partial charge in [-0.25, -0.2) is 13.8 Å². The smallest absolute Gasteiger partial charge is 0.262 e. The first-order chi connectivity index (χ1) is 18.0. The first-order valence-corrected chi connectivity index (χ1v) is 13.6. The lowest BCUT2D eigenvalue weighted by atomic mass is 10.2. The molecular weight excluding hydrogens is 555 g/mol. The number of carbonyl (C=O) groups is 2. The summed E-state index contributed by atoms with van der Waals surface area (Å²) in [5, 5.41) is 7.34. The highest BCUT2D eigenvalue weighted by atomic mass is 35.5. The number of sulfonamides is 1. The minimum Gasteiger partial charge on any atom is -0.495 e. The quantitative estimate of drug-likeness (QED) is 0.262. The van der Waals surface area contributed by atoms with Crippen LogP contribution in [-0.4, -0.2) is 53.0 Å². The molecule has 3 aromatic carbocycles. The molecule has 2 N–H and O–H groups in total. The van der Waals surface area contributed by atoms with E-state index in [0.717, 1.165) is 10.6 Å². The Labute approximate surface area is 230 Å². The highest BCUT2D eigenvalue weighted by molar-refractivity contribution is 7.92. The van der Waals surface area contributed by atoms with E-state index >= 15 is 0 Å². The van der Waals surface area contributed by atoms with Gasteiger partial charge in [0.15, 0.2) is 6.61 Å². The molecule has 0 aliphatic rings. The maximum Gasteiger partial charge on any atom is 0.262 e. The van der Waals surface area contributed by atoms with Crippen LogP contribution in [0.3, 0.4) is 0 Å². The largest absolute Gasteiger partial charge is 0.495 e. The zero-order chi connectivity index (χ0) is 27.7. The monoisotopic (exact) mass is 578 g/mol. The number of benzene rings is 3. The van der Waals surface area contributed by atoms with Gasteiger partial charge in [-0.1, -0.05) is 29.3 Å². The highest BCUT2D eigenvalue weighted by Gasteiger charge is 2.24. The Kier molecular flexibility index (Phi) is 9.94. The fourth-order valence-electron chi connectivity index (χ4n) is 3.15. The van der Waals surface area contributed by atoms with Gasteiger partial charge in [0.25, 0.3) is 11.8 Å².